The number of piperidine rings is 1. The van der Waals surface area contributed by atoms with Crippen LogP contribution in [0.1, 0.15) is 51.9 Å². The van der Waals surface area contributed by atoms with Gasteiger partial charge in [0.25, 0.3) is 0 Å². The summed E-state index contributed by atoms with van der Waals surface area (Å²) in [6.45, 7) is 5.06. The molecule has 8 nitrogen and oxygen atoms in total. The Kier molecular flexibility index (Phi) is 7.93. The van der Waals surface area contributed by atoms with Crippen molar-refractivity contribution < 1.29 is 24.2 Å². The summed E-state index contributed by atoms with van der Waals surface area (Å²) in [6, 6.07) is -0.308. The zero-order valence-electron chi connectivity index (χ0n) is 17.0. The van der Waals surface area contributed by atoms with Crippen molar-refractivity contribution in [2.24, 2.45) is 0 Å². The van der Waals surface area contributed by atoms with Crippen LogP contribution in [0.5, 0.6) is 0 Å². The van der Waals surface area contributed by atoms with E-state index in [0.717, 1.165) is 45.2 Å². The van der Waals surface area contributed by atoms with Crippen LogP contribution in [0.4, 0.5) is 4.79 Å². The van der Waals surface area contributed by atoms with Crippen molar-refractivity contribution in [3.05, 3.63) is 0 Å². The van der Waals surface area contributed by atoms with Crippen molar-refractivity contribution in [3.63, 3.8) is 0 Å². The molecule has 3 saturated heterocycles. The molecule has 2 N–H and O–H groups in total. The van der Waals surface area contributed by atoms with E-state index < -0.39 is 6.10 Å². The molecule has 3 aliphatic rings. The van der Waals surface area contributed by atoms with E-state index in [0.29, 0.717) is 19.6 Å². The first-order chi connectivity index (χ1) is 13.6. The number of nitrogens with zero attached hydrogens (tertiary/aromatic N) is 2. The van der Waals surface area contributed by atoms with Gasteiger partial charge in [0.1, 0.15) is 6.10 Å². The number of hydrogen-bond donors (Lipinski definition) is 2. The number of β-amino-alcohol motifs (C(OH)–C–C–N with tert-alkyl or cyclic N) is 1. The maximum absolute atomic E-state index is 12.6. The van der Waals surface area contributed by atoms with Crippen molar-refractivity contribution in [1.82, 2.24) is 15.1 Å². The highest BCUT2D eigenvalue weighted by Gasteiger charge is 2.40. The Bertz CT molecular complexity index is 526. The highest BCUT2D eigenvalue weighted by atomic mass is 16.5. The smallest absolute Gasteiger partial charge is 0.317 e. The van der Waals surface area contributed by atoms with E-state index in [-0.39, 0.29) is 43.3 Å². The van der Waals surface area contributed by atoms with Crippen LogP contribution in [0.2, 0.25) is 0 Å². The van der Waals surface area contributed by atoms with Crippen molar-refractivity contribution in [1.29, 1.82) is 0 Å². The zero-order valence-corrected chi connectivity index (χ0v) is 17.0. The topological polar surface area (TPSA) is 91.3 Å². The molecule has 3 fully saturated rings. The number of urea groups is 1. The molecule has 0 saturated carbocycles. The van der Waals surface area contributed by atoms with Crippen molar-refractivity contribution in [3.8, 4) is 0 Å². The largest absolute Gasteiger partial charge is 0.389 e. The average molecular weight is 398 g/mol. The van der Waals surface area contributed by atoms with Gasteiger partial charge in [-0.15, -0.1) is 0 Å². The van der Waals surface area contributed by atoms with Crippen LogP contribution in [0.25, 0.3) is 0 Å². The minimum atomic E-state index is -0.702. The molecule has 0 spiro atoms. The molecule has 0 aromatic carbocycles. The normalized spacial score (nSPS) is 31.5. The lowest BCUT2D eigenvalue weighted by Crippen LogP contribution is -2.59. The van der Waals surface area contributed by atoms with Crippen LogP contribution in [0, 0.1) is 0 Å². The number of carbonyl (C=O) groups excluding carboxylic acids is 2. The Morgan fingerprint density at radius 2 is 1.93 bits per heavy atom. The second-order valence-electron chi connectivity index (χ2n) is 8.16. The van der Waals surface area contributed by atoms with Gasteiger partial charge in [-0.05, 0) is 38.5 Å². The van der Waals surface area contributed by atoms with Gasteiger partial charge in [0, 0.05) is 19.6 Å². The second-order valence-corrected chi connectivity index (χ2v) is 8.16. The third-order valence-electron chi connectivity index (χ3n) is 5.88. The van der Waals surface area contributed by atoms with E-state index in [4.69, 9.17) is 9.47 Å². The number of fused-ring (bicyclic) bond motifs is 1. The number of likely N-dealkylation sites (tertiary alicyclic amines) is 1. The van der Waals surface area contributed by atoms with Gasteiger partial charge in [-0.3, -0.25) is 4.79 Å². The fourth-order valence-electron chi connectivity index (χ4n) is 4.38. The third kappa shape index (κ3) is 5.58. The molecular weight excluding hydrogens is 362 g/mol. The fraction of sp³-hybridized carbons (Fsp3) is 0.900. The van der Waals surface area contributed by atoms with E-state index in [2.05, 4.69) is 5.32 Å². The molecule has 0 aromatic rings. The molecule has 3 heterocycles. The lowest BCUT2D eigenvalue weighted by atomic mass is 9.94. The van der Waals surface area contributed by atoms with E-state index in [1.165, 1.54) is 6.42 Å². The molecule has 3 rings (SSSR count). The third-order valence-corrected chi connectivity index (χ3v) is 5.88. The molecule has 28 heavy (non-hydrogen) atoms. The van der Waals surface area contributed by atoms with Gasteiger partial charge < -0.3 is 29.7 Å². The SMILES string of the molecule is CCCNC(=O)N1C[C@H](O)COC[C@@H]2O[C@@H](CC(=O)N3CCCCC3)CC[C@H]21. The molecule has 0 bridgehead atoms. The molecule has 160 valence electrons. The van der Waals surface area contributed by atoms with E-state index >= 15 is 0 Å². The monoisotopic (exact) mass is 397 g/mol. The van der Waals surface area contributed by atoms with Gasteiger partial charge in [-0.25, -0.2) is 4.79 Å². The van der Waals surface area contributed by atoms with Gasteiger partial charge in [-0.2, -0.15) is 0 Å². The summed E-state index contributed by atoms with van der Waals surface area (Å²) in [5.41, 5.74) is 0. The number of hydrogen-bond acceptors (Lipinski definition) is 5. The molecule has 0 unspecified atom stereocenters. The summed E-state index contributed by atoms with van der Waals surface area (Å²) in [7, 11) is 0. The fourth-order valence-corrected chi connectivity index (χ4v) is 4.38. The summed E-state index contributed by atoms with van der Waals surface area (Å²) >= 11 is 0. The van der Waals surface area contributed by atoms with Gasteiger partial charge in [0.05, 0.1) is 44.4 Å². The first kappa shape index (κ1) is 21.3. The highest BCUT2D eigenvalue weighted by molar-refractivity contribution is 5.77. The molecule has 3 aliphatic heterocycles. The number of aliphatic hydroxyl groups excluding tert-OH is 1. The number of rotatable bonds is 4. The number of ether oxygens (including phenoxy) is 2. The van der Waals surface area contributed by atoms with Gasteiger partial charge in [-0.1, -0.05) is 6.92 Å². The van der Waals surface area contributed by atoms with Crippen LogP contribution >= 0.6 is 0 Å². The van der Waals surface area contributed by atoms with Crippen LogP contribution in [0.3, 0.4) is 0 Å². The van der Waals surface area contributed by atoms with Gasteiger partial charge >= 0.3 is 6.03 Å². The van der Waals surface area contributed by atoms with Crippen molar-refractivity contribution in [2.75, 3.05) is 39.4 Å². The second kappa shape index (κ2) is 10.4. The van der Waals surface area contributed by atoms with Crippen molar-refractivity contribution in [2.45, 2.75) is 76.2 Å². The Labute approximate surface area is 167 Å². The number of aliphatic hydroxyl groups is 1. The minimum absolute atomic E-state index is 0.135. The minimum Gasteiger partial charge on any atom is -0.389 e. The molecule has 8 heteroatoms. The highest BCUT2D eigenvalue weighted by Crippen LogP contribution is 2.28. The number of nitrogens with one attached hydrogen (secondary N) is 1. The average Bonchev–Trinajstić information content (AvgIpc) is 2.70. The Morgan fingerprint density at radius 3 is 2.68 bits per heavy atom. The summed E-state index contributed by atoms with van der Waals surface area (Å²) in [4.78, 5) is 28.9. The van der Waals surface area contributed by atoms with Gasteiger partial charge in [0.2, 0.25) is 5.91 Å². The standard InChI is InChI=1S/C20H35N3O5/c1-2-8-21-20(26)23-12-15(24)13-27-14-18-17(23)7-6-16(28-18)11-19(25)22-9-4-3-5-10-22/h15-18,24H,2-14H2,1H3,(H,21,26)/t15-,16+,17+,18-/m0/s1. The predicted octanol–water partition coefficient (Wildman–Crippen LogP) is 1.12. The summed E-state index contributed by atoms with van der Waals surface area (Å²) < 4.78 is 11.8. The maximum Gasteiger partial charge on any atom is 0.317 e. The molecule has 3 amide bonds. The Balaban J connectivity index is 1.60. The zero-order chi connectivity index (χ0) is 19.9. The van der Waals surface area contributed by atoms with Gasteiger partial charge in [0.15, 0.2) is 0 Å². The number of carbonyl (C=O) groups is 2. The molecule has 4 atom stereocenters. The lowest BCUT2D eigenvalue weighted by Gasteiger charge is -2.44. The molecule has 0 aliphatic carbocycles. The van der Waals surface area contributed by atoms with E-state index in [1.807, 2.05) is 11.8 Å². The summed E-state index contributed by atoms with van der Waals surface area (Å²) in [5.74, 6) is 0.169. The van der Waals surface area contributed by atoms with E-state index in [1.54, 1.807) is 4.90 Å². The first-order valence-electron chi connectivity index (χ1n) is 10.8. The summed E-state index contributed by atoms with van der Waals surface area (Å²) in [6.07, 6.45) is 4.99. The Morgan fingerprint density at radius 1 is 1.14 bits per heavy atom. The van der Waals surface area contributed by atoms with Crippen LogP contribution < -0.4 is 5.32 Å². The Hall–Kier alpha value is -1.38. The molecule has 0 aromatic heterocycles. The lowest BCUT2D eigenvalue weighted by molar-refractivity contribution is -0.155. The number of amides is 3. The first-order valence-corrected chi connectivity index (χ1v) is 10.8. The quantitative estimate of drug-likeness (QED) is 0.742. The molecular formula is C20H35N3O5. The predicted molar refractivity (Wildman–Crippen MR) is 104 cm³/mol. The van der Waals surface area contributed by atoms with Crippen LogP contribution in [-0.2, 0) is 14.3 Å². The maximum atomic E-state index is 12.6. The van der Waals surface area contributed by atoms with Crippen LogP contribution in [0.15, 0.2) is 0 Å². The summed E-state index contributed by atoms with van der Waals surface area (Å²) in [5, 5.41) is 13.0. The van der Waals surface area contributed by atoms with Crippen molar-refractivity contribution >= 4 is 11.9 Å². The van der Waals surface area contributed by atoms with Crippen LogP contribution in [-0.4, -0.2) is 90.6 Å². The van der Waals surface area contributed by atoms with E-state index in [9.17, 15) is 14.7 Å². The molecule has 0 radical (unpaired) electrons.